The Kier molecular flexibility index (Phi) is 4.58. The molecule has 0 aliphatic carbocycles. The van der Waals surface area contributed by atoms with Crippen molar-refractivity contribution in [3.63, 3.8) is 0 Å². The number of benzene rings is 1. The molecule has 0 spiro atoms. The number of halogens is 2. The monoisotopic (exact) mass is 311 g/mol. The average molecular weight is 313 g/mol. The molecule has 0 heterocycles. The topological polar surface area (TPSA) is 46.2 Å². The van der Waals surface area contributed by atoms with Crippen LogP contribution >= 0.6 is 27.5 Å². The lowest BCUT2D eigenvalue weighted by Gasteiger charge is -2.06. The molecule has 3 nitrogen and oxygen atoms in total. The lowest BCUT2D eigenvalue weighted by atomic mass is 10.4. The number of hydrogen-bond acceptors (Lipinski definition) is 2. The Balaban J connectivity index is 3.00. The molecule has 0 amide bonds. The van der Waals surface area contributed by atoms with Gasteiger partial charge in [0.05, 0.1) is 9.92 Å². The lowest BCUT2D eigenvalue weighted by Crippen LogP contribution is -2.24. The summed E-state index contributed by atoms with van der Waals surface area (Å²) in [5.41, 5.74) is 0. The number of rotatable bonds is 4. The van der Waals surface area contributed by atoms with Crippen LogP contribution in [0.3, 0.4) is 0 Å². The molecule has 1 aromatic rings. The van der Waals surface area contributed by atoms with E-state index in [4.69, 9.17) is 11.6 Å². The maximum atomic E-state index is 11.7. The van der Waals surface area contributed by atoms with Crippen molar-refractivity contribution in [1.29, 1.82) is 0 Å². The van der Waals surface area contributed by atoms with Crippen molar-refractivity contribution in [2.24, 2.45) is 0 Å². The molecule has 0 saturated carbocycles. The first-order valence-electron chi connectivity index (χ1n) is 4.42. The van der Waals surface area contributed by atoms with Gasteiger partial charge >= 0.3 is 0 Å². The quantitative estimate of drug-likeness (QED) is 0.929. The molecule has 84 valence electrons. The van der Waals surface area contributed by atoms with Crippen LogP contribution in [0.25, 0.3) is 0 Å². The fourth-order valence-corrected chi connectivity index (χ4v) is 2.62. The van der Waals surface area contributed by atoms with E-state index in [0.717, 1.165) is 6.42 Å². The standard InChI is InChI=1S/C9H11BrClNO2S/c1-2-5-12-15(13,14)7-3-4-8(10)9(11)6-7/h3-4,6,12H,2,5H2,1H3. The highest BCUT2D eigenvalue weighted by Gasteiger charge is 2.13. The van der Waals surface area contributed by atoms with Gasteiger partial charge in [-0.25, -0.2) is 13.1 Å². The normalized spacial score (nSPS) is 11.7. The predicted molar refractivity (Wildman–Crippen MR) is 64.6 cm³/mol. The van der Waals surface area contributed by atoms with Gasteiger partial charge in [0.25, 0.3) is 0 Å². The summed E-state index contributed by atoms with van der Waals surface area (Å²) in [5, 5.41) is 0.384. The summed E-state index contributed by atoms with van der Waals surface area (Å²) < 4.78 is 26.5. The van der Waals surface area contributed by atoms with Crippen LogP contribution < -0.4 is 4.72 Å². The third-order valence-electron chi connectivity index (χ3n) is 1.74. The van der Waals surface area contributed by atoms with Crippen molar-refractivity contribution in [1.82, 2.24) is 4.72 Å². The van der Waals surface area contributed by atoms with E-state index in [1.807, 2.05) is 6.92 Å². The van der Waals surface area contributed by atoms with E-state index in [2.05, 4.69) is 20.7 Å². The highest BCUT2D eigenvalue weighted by Crippen LogP contribution is 2.25. The Bertz CT molecular complexity index is 447. The van der Waals surface area contributed by atoms with Crippen molar-refractivity contribution >= 4 is 37.6 Å². The van der Waals surface area contributed by atoms with Crippen molar-refractivity contribution in [3.05, 3.63) is 27.7 Å². The molecule has 0 aromatic heterocycles. The van der Waals surface area contributed by atoms with E-state index >= 15 is 0 Å². The Morgan fingerprint density at radius 2 is 2.13 bits per heavy atom. The van der Waals surface area contributed by atoms with Gasteiger partial charge in [-0.2, -0.15) is 0 Å². The Morgan fingerprint density at radius 3 is 2.67 bits per heavy atom. The van der Waals surface area contributed by atoms with Crippen LogP contribution in [0, 0.1) is 0 Å². The van der Waals surface area contributed by atoms with E-state index in [-0.39, 0.29) is 4.90 Å². The van der Waals surface area contributed by atoms with Gasteiger partial charge in [-0.1, -0.05) is 18.5 Å². The Hall–Kier alpha value is -0.100. The third kappa shape index (κ3) is 3.45. The average Bonchev–Trinajstić information content (AvgIpc) is 2.19. The van der Waals surface area contributed by atoms with Gasteiger partial charge in [0.1, 0.15) is 0 Å². The van der Waals surface area contributed by atoms with Crippen molar-refractivity contribution in [2.45, 2.75) is 18.2 Å². The Morgan fingerprint density at radius 1 is 1.47 bits per heavy atom. The van der Waals surface area contributed by atoms with Gasteiger partial charge in [0.2, 0.25) is 10.0 Å². The van der Waals surface area contributed by atoms with Crippen molar-refractivity contribution in [3.8, 4) is 0 Å². The summed E-state index contributed by atoms with van der Waals surface area (Å²) in [6.45, 7) is 2.33. The van der Waals surface area contributed by atoms with Crippen LogP contribution in [0.1, 0.15) is 13.3 Å². The molecule has 0 radical (unpaired) electrons. The fourth-order valence-electron chi connectivity index (χ4n) is 0.964. The first-order chi connectivity index (χ1) is 6.97. The summed E-state index contributed by atoms with van der Waals surface area (Å²) in [6.07, 6.45) is 0.753. The highest BCUT2D eigenvalue weighted by molar-refractivity contribution is 9.10. The molecule has 0 saturated heterocycles. The van der Waals surface area contributed by atoms with E-state index in [9.17, 15) is 8.42 Å². The summed E-state index contributed by atoms with van der Waals surface area (Å²) in [4.78, 5) is 0.184. The zero-order valence-electron chi connectivity index (χ0n) is 8.13. The van der Waals surface area contributed by atoms with Crippen LogP contribution in [-0.2, 0) is 10.0 Å². The molecule has 1 N–H and O–H groups in total. The summed E-state index contributed by atoms with van der Waals surface area (Å²) in [6, 6.07) is 4.54. The van der Waals surface area contributed by atoms with E-state index in [1.165, 1.54) is 12.1 Å². The van der Waals surface area contributed by atoms with Crippen LogP contribution in [0.15, 0.2) is 27.6 Å². The van der Waals surface area contributed by atoms with Gasteiger partial charge in [0, 0.05) is 11.0 Å². The molecule has 6 heteroatoms. The predicted octanol–water partition coefficient (Wildman–Crippen LogP) is 2.79. The van der Waals surface area contributed by atoms with E-state index in [1.54, 1.807) is 6.07 Å². The number of hydrogen-bond donors (Lipinski definition) is 1. The van der Waals surface area contributed by atoms with Crippen LogP contribution in [0.4, 0.5) is 0 Å². The molecule has 15 heavy (non-hydrogen) atoms. The van der Waals surface area contributed by atoms with Gasteiger partial charge in [0.15, 0.2) is 0 Å². The fraction of sp³-hybridized carbons (Fsp3) is 0.333. The van der Waals surface area contributed by atoms with Gasteiger partial charge in [-0.05, 0) is 40.5 Å². The van der Waals surface area contributed by atoms with Crippen LogP contribution in [0.2, 0.25) is 5.02 Å². The zero-order valence-corrected chi connectivity index (χ0v) is 11.3. The largest absolute Gasteiger partial charge is 0.240 e. The summed E-state index contributed by atoms with van der Waals surface area (Å²) in [7, 11) is -3.42. The smallest absolute Gasteiger partial charge is 0.211 e. The molecule has 0 aliphatic heterocycles. The van der Waals surface area contributed by atoms with E-state index < -0.39 is 10.0 Å². The molecular weight excluding hydrogens is 302 g/mol. The third-order valence-corrected chi connectivity index (χ3v) is 4.43. The van der Waals surface area contributed by atoms with Crippen LogP contribution in [-0.4, -0.2) is 15.0 Å². The molecule has 0 unspecified atom stereocenters. The minimum Gasteiger partial charge on any atom is -0.211 e. The van der Waals surface area contributed by atoms with Crippen molar-refractivity contribution in [2.75, 3.05) is 6.54 Å². The van der Waals surface area contributed by atoms with Gasteiger partial charge in [-0.15, -0.1) is 0 Å². The number of nitrogens with one attached hydrogen (secondary N) is 1. The second-order valence-corrected chi connectivity index (χ2v) is 6.00. The maximum Gasteiger partial charge on any atom is 0.240 e. The summed E-state index contributed by atoms with van der Waals surface area (Å²) in [5.74, 6) is 0. The Labute approximate surface area is 103 Å². The first-order valence-corrected chi connectivity index (χ1v) is 7.07. The molecule has 0 atom stereocenters. The van der Waals surface area contributed by atoms with Crippen LogP contribution in [0.5, 0.6) is 0 Å². The molecule has 0 aliphatic rings. The van der Waals surface area contributed by atoms with Crippen molar-refractivity contribution < 1.29 is 8.42 Å². The highest BCUT2D eigenvalue weighted by atomic mass is 79.9. The molecular formula is C9H11BrClNO2S. The number of sulfonamides is 1. The second-order valence-electron chi connectivity index (χ2n) is 2.97. The maximum absolute atomic E-state index is 11.7. The summed E-state index contributed by atoms with van der Waals surface area (Å²) >= 11 is 9.02. The SMILES string of the molecule is CCCNS(=O)(=O)c1ccc(Br)c(Cl)c1. The molecule has 1 aromatic carbocycles. The lowest BCUT2D eigenvalue weighted by molar-refractivity contribution is 0.581. The van der Waals surface area contributed by atoms with Gasteiger partial charge in [-0.3, -0.25) is 0 Å². The minimum atomic E-state index is -3.42. The molecule has 1 rings (SSSR count). The minimum absolute atomic E-state index is 0.184. The van der Waals surface area contributed by atoms with Gasteiger partial charge < -0.3 is 0 Å². The van der Waals surface area contributed by atoms with E-state index in [0.29, 0.717) is 16.0 Å². The molecule has 0 bridgehead atoms. The first kappa shape index (κ1) is 13.0. The molecule has 0 fully saturated rings. The second kappa shape index (κ2) is 5.30. The zero-order chi connectivity index (χ0) is 11.5.